The summed E-state index contributed by atoms with van der Waals surface area (Å²) < 4.78 is 51.9. The van der Waals surface area contributed by atoms with Gasteiger partial charge in [-0.05, 0) is 65.6 Å². The van der Waals surface area contributed by atoms with E-state index in [1.807, 2.05) is 27.7 Å². The van der Waals surface area contributed by atoms with Crippen LogP contribution in [0.4, 0.5) is 13.2 Å². The van der Waals surface area contributed by atoms with Crippen LogP contribution >= 0.6 is 11.6 Å². The van der Waals surface area contributed by atoms with Gasteiger partial charge in [-0.3, -0.25) is 0 Å². The molecule has 0 N–H and O–H groups in total. The predicted molar refractivity (Wildman–Crippen MR) is 91.0 cm³/mol. The molecule has 0 radical (unpaired) electrons. The van der Waals surface area contributed by atoms with Crippen molar-refractivity contribution in [1.29, 1.82) is 0 Å². The molecule has 0 amide bonds. The highest BCUT2D eigenvalue weighted by Crippen LogP contribution is 2.43. The summed E-state index contributed by atoms with van der Waals surface area (Å²) in [7, 11) is -0.657. The number of rotatable bonds is 2. The topological polar surface area (TPSA) is 18.5 Å². The molecule has 0 aliphatic carbocycles. The summed E-state index contributed by atoms with van der Waals surface area (Å²) in [4.78, 5) is 0. The normalized spacial score (nSPS) is 20.5. The Labute approximate surface area is 146 Å². The van der Waals surface area contributed by atoms with Crippen LogP contribution in [0.2, 0.25) is 5.02 Å². The molecule has 0 aromatic heterocycles. The summed E-state index contributed by atoms with van der Waals surface area (Å²) in [5.74, 6) is 0. The van der Waals surface area contributed by atoms with Crippen molar-refractivity contribution in [2.45, 2.75) is 71.3 Å². The Hall–Kier alpha value is -0.715. The maximum absolute atomic E-state index is 13.3. The molecule has 1 aliphatic rings. The van der Waals surface area contributed by atoms with Crippen molar-refractivity contribution in [2.75, 3.05) is 0 Å². The van der Waals surface area contributed by atoms with E-state index in [9.17, 15) is 13.2 Å². The third-order valence-corrected chi connectivity index (χ3v) is 5.56. The van der Waals surface area contributed by atoms with Crippen LogP contribution in [0.1, 0.15) is 52.7 Å². The molecule has 134 valence electrons. The largest absolute Gasteiger partial charge is 0.495 e. The highest BCUT2D eigenvalue weighted by molar-refractivity contribution is 6.63. The van der Waals surface area contributed by atoms with Gasteiger partial charge >= 0.3 is 13.3 Å². The molecule has 1 aromatic rings. The molecule has 1 heterocycles. The molecule has 0 saturated carbocycles. The van der Waals surface area contributed by atoms with Gasteiger partial charge in [0.2, 0.25) is 0 Å². The van der Waals surface area contributed by atoms with Gasteiger partial charge in [-0.25, -0.2) is 0 Å². The van der Waals surface area contributed by atoms with Gasteiger partial charge in [-0.15, -0.1) is 0 Å². The van der Waals surface area contributed by atoms with Crippen LogP contribution in [0.25, 0.3) is 0 Å². The molecule has 0 unspecified atom stereocenters. The Kier molecular flexibility index (Phi) is 4.61. The van der Waals surface area contributed by atoms with Crippen LogP contribution in [0.15, 0.2) is 12.1 Å². The fourth-order valence-corrected chi connectivity index (χ4v) is 2.96. The van der Waals surface area contributed by atoms with Crippen molar-refractivity contribution >= 4 is 24.2 Å². The van der Waals surface area contributed by atoms with E-state index in [0.29, 0.717) is 11.0 Å². The second-order valence-electron chi connectivity index (χ2n) is 7.90. The highest BCUT2D eigenvalue weighted by Gasteiger charge is 2.53. The lowest BCUT2D eigenvalue weighted by atomic mass is 9.73. The lowest BCUT2D eigenvalue weighted by Gasteiger charge is -2.32. The van der Waals surface area contributed by atoms with Crippen LogP contribution in [-0.2, 0) is 14.7 Å². The van der Waals surface area contributed by atoms with E-state index in [2.05, 4.69) is 0 Å². The SMILES string of the molecule is Cc1cc(C(C)(C)C(F)(F)F)c(Cl)cc1B1OC(C)(C)C(C)(C)O1. The molecule has 0 atom stereocenters. The van der Waals surface area contributed by atoms with Crippen LogP contribution in [0, 0.1) is 6.92 Å². The smallest absolute Gasteiger partial charge is 0.399 e. The molecule has 24 heavy (non-hydrogen) atoms. The molecule has 1 fully saturated rings. The van der Waals surface area contributed by atoms with Crippen molar-refractivity contribution in [3.63, 3.8) is 0 Å². The minimum Gasteiger partial charge on any atom is -0.399 e. The minimum absolute atomic E-state index is 0.0504. The van der Waals surface area contributed by atoms with Gasteiger partial charge < -0.3 is 9.31 Å². The molecule has 7 heteroatoms. The first-order chi connectivity index (χ1) is 10.6. The van der Waals surface area contributed by atoms with Crippen molar-refractivity contribution in [1.82, 2.24) is 0 Å². The first kappa shape index (κ1) is 19.6. The first-order valence-electron chi connectivity index (χ1n) is 7.83. The van der Waals surface area contributed by atoms with Crippen molar-refractivity contribution in [3.05, 3.63) is 28.3 Å². The molecule has 1 aromatic carbocycles. The second kappa shape index (κ2) is 5.65. The Morgan fingerprint density at radius 3 is 1.88 bits per heavy atom. The Morgan fingerprint density at radius 2 is 1.46 bits per heavy atom. The average Bonchev–Trinajstić information content (AvgIpc) is 2.59. The van der Waals surface area contributed by atoms with E-state index in [4.69, 9.17) is 20.9 Å². The maximum atomic E-state index is 13.3. The molecule has 1 aliphatic heterocycles. The lowest BCUT2D eigenvalue weighted by Crippen LogP contribution is -2.41. The van der Waals surface area contributed by atoms with Gasteiger partial charge in [0.05, 0.1) is 16.6 Å². The summed E-state index contributed by atoms with van der Waals surface area (Å²) in [5.41, 5.74) is -1.73. The van der Waals surface area contributed by atoms with E-state index in [0.717, 1.165) is 13.8 Å². The number of halogens is 4. The van der Waals surface area contributed by atoms with Gasteiger partial charge in [0.1, 0.15) is 0 Å². The van der Waals surface area contributed by atoms with E-state index in [1.54, 1.807) is 6.92 Å². The van der Waals surface area contributed by atoms with E-state index in [1.165, 1.54) is 12.1 Å². The summed E-state index contributed by atoms with van der Waals surface area (Å²) in [6, 6.07) is 3.01. The zero-order valence-corrected chi connectivity index (χ0v) is 15.8. The van der Waals surface area contributed by atoms with E-state index in [-0.39, 0.29) is 10.6 Å². The maximum Gasteiger partial charge on any atom is 0.495 e. The summed E-state index contributed by atoms with van der Waals surface area (Å²) in [6.45, 7) is 11.7. The molecule has 0 bridgehead atoms. The number of aryl methyl sites for hydroxylation is 1. The fraction of sp³-hybridized carbons (Fsp3) is 0.647. The zero-order valence-electron chi connectivity index (χ0n) is 15.1. The molecule has 1 saturated heterocycles. The number of hydrogen-bond acceptors (Lipinski definition) is 2. The molecular formula is C17H23BClF3O2. The Balaban J connectivity index is 2.46. The summed E-state index contributed by atoms with van der Waals surface area (Å²) >= 11 is 6.20. The van der Waals surface area contributed by atoms with Gasteiger partial charge in [0, 0.05) is 5.02 Å². The van der Waals surface area contributed by atoms with Gasteiger partial charge in [0.15, 0.2) is 0 Å². The number of alkyl halides is 3. The van der Waals surface area contributed by atoms with Crippen LogP contribution in [0.5, 0.6) is 0 Å². The molecule has 2 nitrogen and oxygen atoms in total. The van der Waals surface area contributed by atoms with Gasteiger partial charge in [-0.1, -0.05) is 23.2 Å². The fourth-order valence-electron chi connectivity index (χ4n) is 2.55. The van der Waals surface area contributed by atoms with Crippen LogP contribution in [-0.4, -0.2) is 24.5 Å². The van der Waals surface area contributed by atoms with Crippen LogP contribution < -0.4 is 5.46 Å². The molecular weight excluding hydrogens is 339 g/mol. The molecule has 2 rings (SSSR count). The Bertz CT molecular complexity index is 638. The lowest BCUT2D eigenvalue weighted by molar-refractivity contribution is -0.180. The van der Waals surface area contributed by atoms with Crippen molar-refractivity contribution < 1.29 is 22.5 Å². The first-order valence-corrected chi connectivity index (χ1v) is 8.21. The van der Waals surface area contributed by atoms with E-state index < -0.39 is 29.9 Å². The second-order valence-corrected chi connectivity index (χ2v) is 8.31. The third kappa shape index (κ3) is 3.08. The van der Waals surface area contributed by atoms with Crippen molar-refractivity contribution in [2.24, 2.45) is 0 Å². The molecule has 0 spiro atoms. The monoisotopic (exact) mass is 362 g/mol. The zero-order chi connectivity index (χ0) is 18.7. The summed E-state index contributed by atoms with van der Waals surface area (Å²) in [6.07, 6.45) is -4.39. The van der Waals surface area contributed by atoms with Crippen molar-refractivity contribution in [3.8, 4) is 0 Å². The van der Waals surface area contributed by atoms with Gasteiger partial charge in [0.25, 0.3) is 0 Å². The standard InChI is InChI=1S/C17H23BClF3O2/c1-10-8-11(14(2,3)17(20,21)22)13(19)9-12(10)18-23-15(4,5)16(6,7)24-18/h8-9H,1-7H3. The third-order valence-electron chi connectivity index (χ3n) is 5.24. The number of benzene rings is 1. The predicted octanol–water partition coefficient (Wildman–Crippen LogP) is 4.79. The minimum atomic E-state index is -4.39. The number of hydrogen-bond donors (Lipinski definition) is 0. The van der Waals surface area contributed by atoms with Gasteiger partial charge in [-0.2, -0.15) is 13.2 Å². The summed E-state index contributed by atoms with van der Waals surface area (Å²) in [5, 5.41) is 0.0626. The Morgan fingerprint density at radius 1 is 1.00 bits per heavy atom. The quantitative estimate of drug-likeness (QED) is 0.704. The average molecular weight is 363 g/mol. The highest BCUT2D eigenvalue weighted by atomic mass is 35.5. The van der Waals surface area contributed by atoms with E-state index >= 15 is 0 Å². The van der Waals surface area contributed by atoms with Crippen LogP contribution in [0.3, 0.4) is 0 Å².